The van der Waals surface area contributed by atoms with Crippen LogP contribution in [0.15, 0.2) is 40.7 Å². The molecule has 1 fully saturated rings. The van der Waals surface area contributed by atoms with E-state index < -0.39 is 5.54 Å². The molecule has 1 amide bonds. The fourth-order valence-electron chi connectivity index (χ4n) is 4.38. The van der Waals surface area contributed by atoms with E-state index in [1.807, 2.05) is 25.1 Å². The molecular weight excluding hydrogens is 408 g/mol. The fraction of sp³-hybridized carbons (Fsp3) is 0.435. The van der Waals surface area contributed by atoms with E-state index in [9.17, 15) is 10.1 Å². The van der Waals surface area contributed by atoms with E-state index in [0.29, 0.717) is 5.56 Å². The highest BCUT2D eigenvalue weighted by atomic mass is 32.1. The third kappa shape index (κ3) is 4.22. The summed E-state index contributed by atoms with van der Waals surface area (Å²) >= 11 is 1.59. The molecule has 31 heavy (non-hydrogen) atoms. The van der Waals surface area contributed by atoms with Crippen molar-refractivity contribution < 1.29 is 4.79 Å². The molecule has 0 bridgehead atoms. The Morgan fingerprint density at radius 1 is 1.32 bits per heavy atom. The summed E-state index contributed by atoms with van der Waals surface area (Å²) < 4.78 is 0. The first-order valence-electron chi connectivity index (χ1n) is 10.6. The van der Waals surface area contributed by atoms with Crippen molar-refractivity contribution in [2.75, 3.05) is 39.8 Å². The van der Waals surface area contributed by atoms with E-state index in [4.69, 9.17) is 10.7 Å². The summed E-state index contributed by atoms with van der Waals surface area (Å²) in [6.07, 6.45) is 0.730. The lowest BCUT2D eigenvalue weighted by atomic mass is 9.79. The number of piperazine rings is 1. The van der Waals surface area contributed by atoms with Gasteiger partial charge in [0, 0.05) is 38.1 Å². The zero-order valence-electron chi connectivity index (χ0n) is 18.0. The van der Waals surface area contributed by atoms with Crippen LogP contribution in [0.2, 0.25) is 0 Å². The van der Waals surface area contributed by atoms with Crippen molar-refractivity contribution in [3.63, 3.8) is 0 Å². The SMILES string of the molecule is CN1C(=O)[C@H](CCN2CCNCC2)C(C)(c2cc(-c3cccc(C#N)c3)cs2)N=C1N. The molecule has 4 rings (SSSR count). The summed E-state index contributed by atoms with van der Waals surface area (Å²) in [6, 6.07) is 11.8. The molecule has 162 valence electrons. The zero-order valence-corrected chi connectivity index (χ0v) is 18.8. The van der Waals surface area contributed by atoms with Gasteiger partial charge >= 0.3 is 0 Å². The molecule has 0 spiro atoms. The number of carbonyl (C=O) groups excluding carboxylic acids is 1. The topological polar surface area (TPSA) is 97.8 Å². The molecule has 7 nitrogen and oxygen atoms in total. The number of amides is 1. The number of carbonyl (C=O) groups is 1. The summed E-state index contributed by atoms with van der Waals surface area (Å²) in [5, 5.41) is 14.7. The molecule has 8 heteroatoms. The Labute approximate surface area is 187 Å². The normalized spacial score (nSPS) is 24.7. The van der Waals surface area contributed by atoms with Gasteiger partial charge in [0.15, 0.2) is 5.96 Å². The summed E-state index contributed by atoms with van der Waals surface area (Å²) in [4.78, 5) is 23.0. The maximum Gasteiger partial charge on any atom is 0.235 e. The van der Waals surface area contributed by atoms with Crippen LogP contribution in [0, 0.1) is 17.2 Å². The third-order valence-corrected chi connectivity index (χ3v) is 7.52. The average Bonchev–Trinajstić information content (AvgIpc) is 3.29. The number of nitriles is 1. The van der Waals surface area contributed by atoms with Crippen LogP contribution < -0.4 is 11.1 Å². The molecule has 1 saturated heterocycles. The van der Waals surface area contributed by atoms with Crippen LogP contribution in [0.4, 0.5) is 0 Å². The van der Waals surface area contributed by atoms with Gasteiger partial charge in [0.2, 0.25) is 5.91 Å². The Kier molecular flexibility index (Phi) is 6.10. The van der Waals surface area contributed by atoms with Gasteiger partial charge in [-0.3, -0.25) is 9.69 Å². The van der Waals surface area contributed by atoms with Gasteiger partial charge in [-0.05, 0) is 54.6 Å². The first-order chi connectivity index (χ1) is 14.9. The summed E-state index contributed by atoms with van der Waals surface area (Å²) in [5.74, 6) is -0.00413. The second-order valence-electron chi connectivity index (χ2n) is 8.34. The molecule has 0 aliphatic carbocycles. The van der Waals surface area contributed by atoms with Crippen molar-refractivity contribution in [1.29, 1.82) is 5.26 Å². The molecule has 1 unspecified atom stereocenters. The van der Waals surface area contributed by atoms with E-state index in [1.165, 1.54) is 4.90 Å². The molecule has 2 atom stereocenters. The Balaban J connectivity index is 1.65. The second kappa shape index (κ2) is 8.79. The number of thiophene rings is 1. The van der Waals surface area contributed by atoms with E-state index in [0.717, 1.165) is 55.1 Å². The van der Waals surface area contributed by atoms with Crippen molar-refractivity contribution >= 4 is 23.2 Å². The molecule has 0 saturated carbocycles. The lowest BCUT2D eigenvalue weighted by molar-refractivity contribution is -0.134. The van der Waals surface area contributed by atoms with Crippen LogP contribution in [-0.4, -0.2) is 61.4 Å². The number of rotatable bonds is 5. The van der Waals surface area contributed by atoms with Crippen molar-refractivity contribution in [3.8, 4) is 17.2 Å². The predicted molar refractivity (Wildman–Crippen MR) is 124 cm³/mol. The second-order valence-corrected chi connectivity index (χ2v) is 9.25. The van der Waals surface area contributed by atoms with Crippen LogP contribution in [0.3, 0.4) is 0 Å². The monoisotopic (exact) mass is 436 g/mol. The largest absolute Gasteiger partial charge is 0.369 e. The maximum absolute atomic E-state index is 13.3. The van der Waals surface area contributed by atoms with Crippen LogP contribution in [0.25, 0.3) is 11.1 Å². The number of nitrogens with two attached hydrogens (primary N) is 1. The molecule has 1 aromatic heterocycles. The molecule has 2 aliphatic heterocycles. The van der Waals surface area contributed by atoms with Crippen LogP contribution >= 0.6 is 11.3 Å². The highest BCUT2D eigenvalue weighted by Crippen LogP contribution is 2.43. The molecular formula is C23H28N6OS. The Bertz CT molecular complexity index is 1030. The number of nitrogens with zero attached hydrogens (tertiary/aromatic N) is 4. The Hall–Kier alpha value is -2.73. The molecule has 3 heterocycles. The van der Waals surface area contributed by atoms with Gasteiger partial charge in [-0.15, -0.1) is 11.3 Å². The van der Waals surface area contributed by atoms with Crippen LogP contribution in [-0.2, 0) is 10.3 Å². The van der Waals surface area contributed by atoms with Gasteiger partial charge < -0.3 is 16.0 Å². The number of guanidine groups is 1. The zero-order chi connectivity index (χ0) is 22.0. The van der Waals surface area contributed by atoms with E-state index in [1.54, 1.807) is 24.5 Å². The average molecular weight is 437 g/mol. The maximum atomic E-state index is 13.3. The first-order valence-corrected chi connectivity index (χ1v) is 11.5. The highest BCUT2D eigenvalue weighted by Gasteiger charge is 2.46. The minimum absolute atomic E-state index is 0.0200. The van der Waals surface area contributed by atoms with Crippen molar-refractivity contribution in [3.05, 3.63) is 46.2 Å². The minimum atomic E-state index is -0.711. The van der Waals surface area contributed by atoms with Gasteiger partial charge in [-0.1, -0.05) is 12.1 Å². The first kappa shape index (κ1) is 21.5. The Morgan fingerprint density at radius 3 is 2.84 bits per heavy atom. The van der Waals surface area contributed by atoms with Gasteiger partial charge in [-0.25, -0.2) is 4.99 Å². The van der Waals surface area contributed by atoms with E-state index in [2.05, 4.69) is 27.7 Å². The molecule has 3 N–H and O–H groups in total. The quantitative estimate of drug-likeness (QED) is 0.749. The lowest BCUT2D eigenvalue weighted by Crippen LogP contribution is -2.54. The number of nitrogens with one attached hydrogen (secondary N) is 1. The molecule has 2 aliphatic rings. The highest BCUT2D eigenvalue weighted by molar-refractivity contribution is 7.10. The number of aliphatic imine (C=N–C) groups is 1. The lowest BCUT2D eigenvalue weighted by Gasteiger charge is -2.40. The van der Waals surface area contributed by atoms with Gasteiger partial charge in [0.05, 0.1) is 17.6 Å². The van der Waals surface area contributed by atoms with Gasteiger partial charge in [0.25, 0.3) is 0 Å². The minimum Gasteiger partial charge on any atom is -0.369 e. The van der Waals surface area contributed by atoms with E-state index >= 15 is 0 Å². The smallest absolute Gasteiger partial charge is 0.235 e. The van der Waals surface area contributed by atoms with Crippen LogP contribution in [0.1, 0.15) is 23.8 Å². The third-order valence-electron chi connectivity index (χ3n) is 6.36. The number of benzene rings is 1. The Morgan fingerprint density at radius 2 is 2.10 bits per heavy atom. The van der Waals surface area contributed by atoms with E-state index in [-0.39, 0.29) is 17.8 Å². The molecule has 2 aromatic rings. The van der Waals surface area contributed by atoms with Gasteiger partial charge in [0.1, 0.15) is 5.54 Å². The summed E-state index contributed by atoms with van der Waals surface area (Å²) in [5.41, 5.74) is 8.07. The van der Waals surface area contributed by atoms with Gasteiger partial charge in [-0.2, -0.15) is 5.26 Å². The summed E-state index contributed by atoms with van der Waals surface area (Å²) in [7, 11) is 1.70. The summed E-state index contributed by atoms with van der Waals surface area (Å²) in [6.45, 7) is 6.84. The molecule has 1 aromatic carbocycles. The van der Waals surface area contributed by atoms with Crippen molar-refractivity contribution in [2.45, 2.75) is 18.9 Å². The van der Waals surface area contributed by atoms with Crippen LogP contribution in [0.5, 0.6) is 0 Å². The van der Waals surface area contributed by atoms with Crippen molar-refractivity contribution in [2.24, 2.45) is 16.6 Å². The van der Waals surface area contributed by atoms with Crippen molar-refractivity contribution in [1.82, 2.24) is 15.1 Å². The standard InChI is InChI=1S/C23H28N6OS/c1-23(20-13-18(15-31-20)17-5-3-4-16(12-17)14-24)19(21(30)28(2)22(25)27-23)6-9-29-10-7-26-8-11-29/h3-5,12-13,15,19,26H,6-11H2,1-2H3,(H2,25,27)/t19-,23?/m0/s1. The number of hydrogen-bond acceptors (Lipinski definition) is 7. The fourth-order valence-corrected chi connectivity index (χ4v) is 5.46. The number of hydrogen-bond donors (Lipinski definition) is 2. The predicted octanol–water partition coefficient (Wildman–Crippen LogP) is 2.20. The molecule has 0 radical (unpaired) electrons.